The number of carboxylic acids is 1. The molecule has 0 spiro atoms. The first-order valence-electron chi connectivity index (χ1n) is 5.99. The van der Waals surface area contributed by atoms with Gasteiger partial charge in [0.2, 0.25) is 0 Å². The number of para-hydroxylation sites is 2. The van der Waals surface area contributed by atoms with Crippen LogP contribution in [0.4, 0.5) is 10.5 Å². The number of carbonyl (C=O) groups excluding carboxylic acids is 1. The summed E-state index contributed by atoms with van der Waals surface area (Å²) in [5.41, 5.74) is 0.569. The van der Waals surface area contributed by atoms with E-state index in [4.69, 9.17) is 9.84 Å². The first kappa shape index (κ1) is 15.6. The van der Waals surface area contributed by atoms with Crippen LogP contribution in [0, 0.1) is 0 Å². The largest absolute Gasteiger partial charge is 0.495 e. The molecule has 20 heavy (non-hydrogen) atoms. The molecular formula is C14H18N2O4. The SMILES string of the molecule is C=CCN(CC(=O)O)C(=O)N(C)c1ccccc1OC. The number of methoxy groups -OCH3 is 1. The Morgan fingerprint density at radius 2 is 2.05 bits per heavy atom. The Balaban J connectivity index is 2.98. The highest BCUT2D eigenvalue weighted by atomic mass is 16.5. The van der Waals surface area contributed by atoms with Crippen LogP contribution in [0.15, 0.2) is 36.9 Å². The molecule has 0 aromatic heterocycles. The van der Waals surface area contributed by atoms with E-state index in [9.17, 15) is 9.59 Å². The van der Waals surface area contributed by atoms with E-state index < -0.39 is 12.0 Å². The second kappa shape index (κ2) is 7.18. The summed E-state index contributed by atoms with van der Waals surface area (Å²) < 4.78 is 5.19. The number of amides is 2. The molecule has 1 rings (SSSR count). The molecule has 0 bridgehead atoms. The van der Waals surface area contributed by atoms with Gasteiger partial charge >= 0.3 is 12.0 Å². The standard InChI is InChI=1S/C14H18N2O4/c1-4-9-16(10-13(17)18)14(19)15(2)11-7-5-6-8-12(11)20-3/h4-8H,1,9-10H2,2-3H3,(H,17,18). The summed E-state index contributed by atoms with van der Waals surface area (Å²) in [6, 6.07) is 6.59. The zero-order valence-corrected chi connectivity index (χ0v) is 11.6. The summed E-state index contributed by atoms with van der Waals surface area (Å²) in [6.45, 7) is 3.30. The van der Waals surface area contributed by atoms with E-state index in [1.165, 1.54) is 23.0 Å². The monoisotopic (exact) mass is 278 g/mol. The van der Waals surface area contributed by atoms with Crippen molar-refractivity contribution in [3.05, 3.63) is 36.9 Å². The van der Waals surface area contributed by atoms with Gasteiger partial charge in [0.1, 0.15) is 12.3 Å². The fourth-order valence-electron chi connectivity index (χ4n) is 1.75. The smallest absolute Gasteiger partial charge is 0.325 e. The van der Waals surface area contributed by atoms with Crippen molar-refractivity contribution in [3.63, 3.8) is 0 Å². The van der Waals surface area contributed by atoms with Crippen molar-refractivity contribution in [1.29, 1.82) is 0 Å². The summed E-state index contributed by atoms with van der Waals surface area (Å²) in [6.07, 6.45) is 1.48. The lowest BCUT2D eigenvalue weighted by Gasteiger charge is -2.27. The van der Waals surface area contributed by atoms with Crippen LogP contribution in [-0.2, 0) is 4.79 Å². The van der Waals surface area contributed by atoms with Crippen molar-refractivity contribution < 1.29 is 19.4 Å². The molecule has 1 aromatic rings. The molecule has 0 aliphatic carbocycles. The van der Waals surface area contributed by atoms with E-state index in [0.29, 0.717) is 11.4 Å². The van der Waals surface area contributed by atoms with Gasteiger partial charge in [-0.25, -0.2) is 4.79 Å². The minimum Gasteiger partial charge on any atom is -0.495 e. The molecule has 0 unspecified atom stereocenters. The Kier molecular flexibility index (Phi) is 5.58. The molecule has 0 radical (unpaired) electrons. The average Bonchev–Trinajstić information content (AvgIpc) is 2.44. The Bertz CT molecular complexity index is 502. The zero-order valence-electron chi connectivity index (χ0n) is 11.6. The molecule has 0 heterocycles. The van der Waals surface area contributed by atoms with Crippen molar-refractivity contribution in [2.75, 3.05) is 32.1 Å². The number of nitrogens with zero attached hydrogens (tertiary/aromatic N) is 2. The van der Waals surface area contributed by atoms with Crippen LogP contribution in [-0.4, -0.2) is 49.3 Å². The van der Waals surface area contributed by atoms with Gasteiger partial charge in [-0.05, 0) is 12.1 Å². The van der Waals surface area contributed by atoms with Gasteiger partial charge in [0.05, 0.1) is 12.8 Å². The molecule has 1 aromatic carbocycles. The van der Waals surface area contributed by atoms with Gasteiger partial charge in [0.15, 0.2) is 0 Å². The van der Waals surface area contributed by atoms with Crippen molar-refractivity contribution in [3.8, 4) is 5.75 Å². The molecular weight excluding hydrogens is 260 g/mol. The van der Waals surface area contributed by atoms with Gasteiger partial charge in [0.25, 0.3) is 0 Å². The highest BCUT2D eigenvalue weighted by Gasteiger charge is 2.22. The van der Waals surface area contributed by atoms with Crippen LogP contribution >= 0.6 is 0 Å². The molecule has 108 valence electrons. The van der Waals surface area contributed by atoms with Crippen molar-refractivity contribution in [2.24, 2.45) is 0 Å². The van der Waals surface area contributed by atoms with Crippen LogP contribution in [0.3, 0.4) is 0 Å². The maximum Gasteiger partial charge on any atom is 0.325 e. The van der Waals surface area contributed by atoms with Crippen molar-refractivity contribution in [1.82, 2.24) is 4.90 Å². The number of anilines is 1. The number of carbonyl (C=O) groups is 2. The fourth-order valence-corrected chi connectivity index (χ4v) is 1.75. The summed E-state index contributed by atoms with van der Waals surface area (Å²) >= 11 is 0. The molecule has 6 nitrogen and oxygen atoms in total. The van der Waals surface area contributed by atoms with Gasteiger partial charge in [0, 0.05) is 13.6 Å². The van der Waals surface area contributed by atoms with Crippen molar-refractivity contribution in [2.45, 2.75) is 0 Å². The predicted octanol–water partition coefficient (Wildman–Crippen LogP) is 1.82. The molecule has 0 fully saturated rings. The van der Waals surface area contributed by atoms with Crippen molar-refractivity contribution >= 4 is 17.7 Å². The minimum atomic E-state index is -1.08. The molecule has 0 atom stereocenters. The zero-order chi connectivity index (χ0) is 15.1. The summed E-state index contributed by atoms with van der Waals surface area (Å²) in [5.74, 6) is -0.536. The first-order valence-corrected chi connectivity index (χ1v) is 5.99. The van der Waals surface area contributed by atoms with Gasteiger partial charge < -0.3 is 14.7 Å². The third-order valence-electron chi connectivity index (χ3n) is 2.68. The number of hydrogen-bond acceptors (Lipinski definition) is 3. The lowest BCUT2D eigenvalue weighted by Crippen LogP contribution is -2.44. The summed E-state index contributed by atoms with van der Waals surface area (Å²) in [5, 5.41) is 8.84. The quantitative estimate of drug-likeness (QED) is 0.806. The topological polar surface area (TPSA) is 70.1 Å². The van der Waals surface area contributed by atoms with Crippen LogP contribution in [0.2, 0.25) is 0 Å². The number of urea groups is 1. The minimum absolute atomic E-state index is 0.157. The number of carboxylic acid groups (broad SMARTS) is 1. The van der Waals surface area contributed by atoms with E-state index in [-0.39, 0.29) is 13.1 Å². The van der Waals surface area contributed by atoms with Crippen LogP contribution in [0.5, 0.6) is 5.75 Å². The Hall–Kier alpha value is -2.50. The van der Waals surface area contributed by atoms with E-state index >= 15 is 0 Å². The molecule has 6 heteroatoms. The lowest BCUT2D eigenvalue weighted by molar-refractivity contribution is -0.137. The second-order valence-corrected chi connectivity index (χ2v) is 4.08. The first-order chi connectivity index (χ1) is 9.51. The van der Waals surface area contributed by atoms with E-state index in [2.05, 4.69) is 6.58 Å². The number of benzene rings is 1. The third kappa shape index (κ3) is 3.74. The average molecular weight is 278 g/mol. The molecule has 0 aliphatic rings. The lowest BCUT2D eigenvalue weighted by atomic mass is 10.2. The normalized spacial score (nSPS) is 9.70. The number of aliphatic carboxylic acids is 1. The number of hydrogen-bond donors (Lipinski definition) is 1. The van der Waals surface area contributed by atoms with Gasteiger partial charge in [-0.2, -0.15) is 0 Å². The van der Waals surface area contributed by atoms with E-state index in [1.807, 2.05) is 0 Å². The van der Waals surface area contributed by atoms with Crippen LogP contribution < -0.4 is 9.64 Å². The Morgan fingerprint density at radius 3 is 2.60 bits per heavy atom. The van der Waals surface area contributed by atoms with Crippen LogP contribution in [0.25, 0.3) is 0 Å². The van der Waals surface area contributed by atoms with Gasteiger partial charge in [-0.1, -0.05) is 18.2 Å². The van der Waals surface area contributed by atoms with Crippen LogP contribution in [0.1, 0.15) is 0 Å². The summed E-state index contributed by atoms with van der Waals surface area (Å²) in [4.78, 5) is 25.7. The van der Waals surface area contributed by atoms with E-state index in [1.54, 1.807) is 31.3 Å². The molecule has 0 saturated heterocycles. The Labute approximate surface area is 117 Å². The maximum atomic E-state index is 12.3. The van der Waals surface area contributed by atoms with Gasteiger partial charge in [-0.15, -0.1) is 6.58 Å². The van der Waals surface area contributed by atoms with E-state index in [0.717, 1.165) is 0 Å². The summed E-state index contributed by atoms with van der Waals surface area (Å²) in [7, 11) is 3.08. The maximum absolute atomic E-state index is 12.3. The molecule has 0 aliphatic heterocycles. The number of rotatable bonds is 6. The van der Waals surface area contributed by atoms with Gasteiger partial charge in [-0.3, -0.25) is 9.69 Å². The third-order valence-corrected chi connectivity index (χ3v) is 2.68. The fraction of sp³-hybridized carbons (Fsp3) is 0.286. The molecule has 0 saturated carbocycles. The highest BCUT2D eigenvalue weighted by Crippen LogP contribution is 2.27. The predicted molar refractivity (Wildman–Crippen MR) is 76.2 cm³/mol. The molecule has 1 N–H and O–H groups in total. The highest BCUT2D eigenvalue weighted by molar-refractivity contribution is 5.94. The Morgan fingerprint density at radius 1 is 1.40 bits per heavy atom. The second-order valence-electron chi connectivity index (χ2n) is 4.08. The number of ether oxygens (including phenoxy) is 1. The molecule has 2 amide bonds.